The van der Waals surface area contributed by atoms with Crippen LogP contribution in [0.1, 0.15) is 12.8 Å². The van der Waals surface area contributed by atoms with Crippen LogP contribution in [0.5, 0.6) is 0 Å². The van der Waals surface area contributed by atoms with E-state index in [0.29, 0.717) is 11.6 Å². The molecule has 2 N–H and O–H groups in total. The van der Waals surface area contributed by atoms with Crippen LogP contribution < -0.4 is 10.6 Å². The predicted octanol–water partition coefficient (Wildman–Crippen LogP) is 2.33. The molecule has 0 aliphatic carbocycles. The second-order valence-electron chi connectivity index (χ2n) is 4.53. The molecular weight excluding hydrogens is 224 g/mol. The van der Waals surface area contributed by atoms with E-state index in [2.05, 4.69) is 14.9 Å². The summed E-state index contributed by atoms with van der Waals surface area (Å²) in [6.45, 7) is 2.12. The Kier molecular flexibility index (Phi) is 2.84. The SMILES string of the molecule is Nc1cc(N2CCCC2)nc(-c2ccccc2)n1. The molecule has 0 amide bonds. The average molecular weight is 240 g/mol. The lowest BCUT2D eigenvalue weighted by Gasteiger charge is -2.17. The van der Waals surface area contributed by atoms with Crippen molar-refractivity contribution in [3.05, 3.63) is 36.4 Å². The summed E-state index contributed by atoms with van der Waals surface area (Å²) in [5.41, 5.74) is 6.89. The van der Waals surface area contributed by atoms with E-state index in [-0.39, 0.29) is 0 Å². The highest BCUT2D eigenvalue weighted by Crippen LogP contribution is 2.23. The van der Waals surface area contributed by atoms with E-state index in [1.165, 1.54) is 12.8 Å². The van der Waals surface area contributed by atoms with Crippen molar-refractivity contribution in [1.82, 2.24) is 9.97 Å². The maximum atomic E-state index is 5.89. The molecule has 2 heterocycles. The summed E-state index contributed by atoms with van der Waals surface area (Å²) in [6, 6.07) is 11.8. The lowest BCUT2D eigenvalue weighted by molar-refractivity contribution is 0.931. The number of hydrogen-bond donors (Lipinski definition) is 1. The number of anilines is 2. The number of rotatable bonds is 2. The molecular formula is C14H16N4. The Balaban J connectivity index is 2.00. The van der Waals surface area contributed by atoms with E-state index < -0.39 is 0 Å². The Morgan fingerprint density at radius 1 is 1.00 bits per heavy atom. The molecule has 92 valence electrons. The van der Waals surface area contributed by atoms with Crippen molar-refractivity contribution in [2.24, 2.45) is 0 Å². The molecule has 1 aromatic carbocycles. The summed E-state index contributed by atoms with van der Waals surface area (Å²) in [7, 11) is 0. The molecule has 2 aromatic rings. The molecule has 1 aliphatic heterocycles. The van der Waals surface area contributed by atoms with Gasteiger partial charge in [-0.1, -0.05) is 30.3 Å². The number of hydrogen-bond acceptors (Lipinski definition) is 4. The molecule has 0 unspecified atom stereocenters. The van der Waals surface area contributed by atoms with Crippen LogP contribution in [0.3, 0.4) is 0 Å². The zero-order valence-electron chi connectivity index (χ0n) is 10.2. The molecule has 1 fully saturated rings. The van der Waals surface area contributed by atoms with Crippen molar-refractivity contribution in [3.63, 3.8) is 0 Å². The Hall–Kier alpha value is -2.10. The molecule has 1 aliphatic rings. The van der Waals surface area contributed by atoms with Crippen LogP contribution >= 0.6 is 0 Å². The van der Waals surface area contributed by atoms with Gasteiger partial charge in [0.1, 0.15) is 11.6 Å². The highest BCUT2D eigenvalue weighted by atomic mass is 15.2. The molecule has 3 rings (SSSR count). The summed E-state index contributed by atoms with van der Waals surface area (Å²) >= 11 is 0. The van der Waals surface area contributed by atoms with Gasteiger partial charge in [-0.2, -0.15) is 0 Å². The van der Waals surface area contributed by atoms with E-state index in [9.17, 15) is 0 Å². The van der Waals surface area contributed by atoms with E-state index >= 15 is 0 Å². The Morgan fingerprint density at radius 2 is 1.72 bits per heavy atom. The van der Waals surface area contributed by atoms with Gasteiger partial charge in [0.25, 0.3) is 0 Å². The smallest absolute Gasteiger partial charge is 0.163 e. The maximum absolute atomic E-state index is 5.89. The van der Waals surface area contributed by atoms with Gasteiger partial charge < -0.3 is 10.6 Å². The molecule has 4 heteroatoms. The fourth-order valence-electron chi connectivity index (χ4n) is 2.28. The van der Waals surface area contributed by atoms with Crippen LogP contribution in [-0.2, 0) is 0 Å². The monoisotopic (exact) mass is 240 g/mol. The van der Waals surface area contributed by atoms with Gasteiger partial charge in [-0.25, -0.2) is 9.97 Å². The van der Waals surface area contributed by atoms with Gasteiger partial charge in [0, 0.05) is 24.7 Å². The van der Waals surface area contributed by atoms with Gasteiger partial charge in [-0.05, 0) is 12.8 Å². The molecule has 1 saturated heterocycles. The Morgan fingerprint density at radius 3 is 2.44 bits per heavy atom. The summed E-state index contributed by atoms with van der Waals surface area (Å²) in [5, 5.41) is 0. The second-order valence-corrected chi connectivity index (χ2v) is 4.53. The van der Waals surface area contributed by atoms with Crippen LogP contribution in [0.4, 0.5) is 11.6 Å². The van der Waals surface area contributed by atoms with Crippen LogP contribution in [0, 0.1) is 0 Å². The standard InChI is InChI=1S/C14H16N4/c15-12-10-13(18-8-4-5-9-18)17-14(16-12)11-6-2-1-3-7-11/h1-3,6-7,10H,4-5,8-9H2,(H2,15,16,17). The van der Waals surface area contributed by atoms with Crippen molar-refractivity contribution < 1.29 is 0 Å². The first-order valence-corrected chi connectivity index (χ1v) is 6.28. The number of nitrogens with two attached hydrogens (primary N) is 1. The quantitative estimate of drug-likeness (QED) is 0.875. The minimum atomic E-state index is 0.533. The first-order valence-electron chi connectivity index (χ1n) is 6.28. The molecule has 4 nitrogen and oxygen atoms in total. The molecule has 0 atom stereocenters. The van der Waals surface area contributed by atoms with Crippen LogP contribution in [0.15, 0.2) is 36.4 Å². The van der Waals surface area contributed by atoms with Crippen molar-refractivity contribution in [3.8, 4) is 11.4 Å². The number of benzene rings is 1. The van der Waals surface area contributed by atoms with Crippen molar-refractivity contribution in [2.75, 3.05) is 23.7 Å². The second kappa shape index (κ2) is 4.64. The predicted molar refractivity (Wildman–Crippen MR) is 73.3 cm³/mol. The maximum Gasteiger partial charge on any atom is 0.163 e. The molecule has 18 heavy (non-hydrogen) atoms. The van der Waals surface area contributed by atoms with E-state index in [1.54, 1.807) is 0 Å². The minimum Gasteiger partial charge on any atom is -0.384 e. The minimum absolute atomic E-state index is 0.533. The number of nitrogens with zero attached hydrogens (tertiary/aromatic N) is 3. The van der Waals surface area contributed by atoms with Gasteiger partial charge >= 0.3 is 0 Å². The van der Waals surface area contributed by atoms with Crippen molar-refractivity contribution >= 4 is 11.6 Å². The largest absolute Gasteiger partial charge is 0.384 e. The number of aromatic nitrogens is 2. The Bertz CT molecular complexity index is 533. The van der Waals surface area contributed by atoms with Gasteiger partial charge in [-0.15, -0.1) is 0 Å². The van der Waals surface area contributed by atoms with Gasteiger partial charge in [0.2, 0.25) is 0 Å². The summed E-state index contributed by atoms with van der Waals surface area (Å²) in [4.78, 5) is 11.2. The highest BCUT2D eigenvalue weighted by Gasteiger charge is 2.15. The lowest BCUT2D eigenvalue weighted by Crippen LogP contribution is -2.19. The summed E-state index contributed by atoms with van der Waals surface area (Å²) in [5.74, 6) is 2.18. The van der Waals surface area contributed by atoms with E-state index in [0.717, 1.165) is 24.5 Å². The molecule has 1 aromatic heterocycles. The normalized spacial score (nSPS) is 15.0. The van der Waals surface area contributed by atoms with Gasteiger partial charge in [-0.3, -0.25) is 0 Å². The summed E-state index contributed by atoms with van der Waals surface area (Å²) < 4.78 is 0. The zero-order chi connectivity index (χ0) is 12.4. The fraction of sp³-hybridized carbons (Fsp3) is 0.286. The van der Waals surface area contributed by atoms with E-state index in [1.807, 2.05) is 36.4 Å². The lowest BCUT2D eigenvalue weighted by atomic mass is 10.2. The van der Waals surface area contributed by atoms with Crippen LogP contribution in [-0.4, -0.2) is 23.1 Å². The highest BCUT2D eigenvalue weighted by molar-refractivity contribution is 5.60. The zero-order valence-corrected chi connectivity index (χ0v) is 10.2. The first-order chi connectivity index (χ1) is 8.83. The molecule has 0 radical (unpaired) electrons. The van der Waals surface area contributed by atoms with Crippen LogP contribution in [0.2, 0.25) is 0 Å². The van der Waals surface area contributed by atoms with Gasteiger partial charge in [0.05, 0.1) is 0 Å². The summed E-state index contributed by atoms with van der Waals surface area (Å²) in [6.07, 6.45) is 2.45. The topological polar surface area (TPSA) is 55.0 Å². The average Bonchev–Trinajstić information content (AvgIpc) is 2.93. The van der Waals surface area contributed by atoms with E-state index in [4.69, 9.17) is 5.73 Å². The molecule has 0 saturated carbocycles. The van der Waals surface area contributed by atoms with Crippen LogP contribution in [0.25, 0.3) is 11.4 Å². The molecule has 0 bridgehead atoms. The first kappa shape index (κ1) is 11.0. The fourth-order valence-corrected chi connectivity index (χ4v) is 2.28. The van der Waals surface area contributed by atoms with Crippen molar-refractivity contribution in [2.45, 2.75) is 12.8 Å². The Labute approximate surface area is 106 Å². The number of nitrogen functional groups attached to an aromatic ring is 1. The van der Waals surface area contributed by atoms with Crippen molar-refractivity contribution in [1.29, 1.82) is 0 Å². The third kappa shape index (κ3) is 2.14. The van der Waals surface area contributed by atoms with Gasteiger partial charge in [0.15, 0.2) is 5.82 Å². The third-order valence-corrected chi connectivity index (χ3v) is 3.19. The molecule has 0 spiro atoms. The third-order valence-electron chi connectivity index (χ3n) is 3.19.